The lowest BCUT2D eigenvalue weighted by Gasteiger charge is -2.09. The summed E-state index contributed by atoms with van der Waals surface area (Å²) >= 11 is 12.6. The fourth-order valence-electron chi connectivity index (χ4n) is 3.34. The van der Waals surface area contributed by atoms with Crippen molar-refractivity contribution >= 4 is 29.0 Å². The molecule has 0 bridgehead atoms. The average molecular weight is 358 g/mol. The number of fused-ring (bicyclic) bond motifs is 1. The van der Waals surface area contributed by atoms with Gasteiger partial charge in [0.2, 0.25) is 0 Å². The standard InChI is InChI=1S/C19H17Cl2N3/c1-11-7-12(2)9-13(8-11)18-15-5-6-22-19(15)24(23-18)17-10-14(20)3-4-16(17)21/h3-4,7-10,22H,5-6H2,1-2H3. The maximum absolute atomic E-state index is 6.39. The monoisotopic (exact) mass is 357 g/mol. The molecule has 3 aromatic rings. The largest absolute Gasteiger partial charge is 0.369 e. The first kappa shape index (κ1) is 15.6. The normalized spacial score (nSPS) is 13.0. The van der Waals surface area contributed by atoms with Crippen molar-refractivity contribution in [2.24, 2.45) is 0 Å². The maximum Gasteiger partial charge on any atom is 0.133 e. The van der Waals surface area contributed by atoms with E-state index < -0.39 is 0 Å². The summed E-state index contributed by atoms with van der Waals surface area (Å²) in [6, 6.07) is 12.0. The number of nitrogens with one attached hydrogen (secondary N) is 1. The van der Waals surface area contributed by atoms with Gasteiger partial charge in [-0.15, -0.1) is 0 Å². The zero-order valence-electron chi connectivity index (χ0n) is 13.5. The van der Waals surface area contributed by atoms with Crippen molar-refractivity contribution in [2.45, 2.75) is 20.3 Å². The molecule has 5 heteroatoms. The van der Waals surface area contributed by atoms with E-state index >= 15 is 0 Å². The van der Waals surface area contributed by atoms with E-state index in [0.29, 0.717) is 10.0 Å². The summed E-state index contributed by atoms with van der Waals surface area (Å²) in [5, 5.41) is 9.57. The van der Waals surface area contributed by atoms with E-state index in [4.69, 9.17) is 28.3 Å². The molecule has 0 saturated heterocycles. The van der Waals surface area contributed by atoms with E-state index in [-0.39, 0.29) is 0 Å². The fraction of sp³-hybridized carbons (Fsp3) is 0.211. The third-order valence-electron chi connectivity index (χ3n) is 4.28. The molecule has 1 aliphatic heterocycles. The van der Waals surface area contributed by atoms with E-state index in [1.165, 1.54) is 16.7 Å². The van der Waals surface area contributed by atoms with Gasteiger partial charge in [0.25, 0.3) is 0 Å². The minimum atomic E-state index is 0.630. The molecule has 0 radical (unpaired) electrons. The van der Waals surface area contributed by atoms with Gasteiger partial charge in [0.1, 0.15) is 5.82 Å². The van der Waals surface area contributed by atoms with Gasteiger partial charge in [0.15, 0.2) is 0 Å². The predicted octanol–water partition coefficient (Wildman–Crippen LogP) is 5.43. The van der Waals surface area contributed by atoms with Crippen LogP contribution in [0.15, 0.2) is 36.4 Å². The number of aromatic nitrogens is 2. The second kappa shape index (κ2) is 5.83. The van der Waals surface area contributed by atoms with Gasteiger partial charge in [-0.05, 0) is 50.6 Å². The van der Waals surface area contributed by atoms with Crippen LogP contribution in [0.1, 0.15) is 16.7 Å². The Bertz CT molecular complexity index is 924. The average Bonchev–Trinajstić information content (AvgIpc) is 3.11. The molecule has 2 aromatic carbocycles. The first-order valence-corrected chi connectivity index (χ1v) is 8.68. The van der Waals surface area contributed by atoms with Crippen LogP contribution < -0.4 is 5.32 Å². The number of rotatable bonds is 2. The summed E-state index contributed by atoms with van der Waals surface area (Å²) < 4.78 is 1.88. The van der Waals surface area contributed by atoms with E-state index in [2.05, 4.69) is 37.4 Å². The lowest BCUT2D eigenvalue weighted by Crippen LogP contribution is -2.05. The van der Waals surface area contributed by atoms with Crippen LogP contribution in [0.3, 0.4) is 0 Å². The molecule has 0 unspecified atom stereocenters. The Morgan fingerprint density at radius 1 is 1.04 bits per heavy atom. The molecule has 4 rings (SSSR count). The molecule has 0 aliphatic carbocycles. The van der Waals surface area contributed by atoms with Crippen molar-refractivity contribution in [3.63, 3.8) is 0 Å². The number of benzene rings is 2. The number of nitrogens with zero attached hydrogens (tertiary/aromatic N) is 2. The molecule has 1 aromatic heterocycles. The first-order valence-electron chi connectivity index (χ1n) is 7.93. The summed E-state index contributed by atoms with van der Waals surface area (Å²) in [6.07, 6.45) is 0.954. The van der Waals surface area contributed by atoms with Crippen molar-refractivity contribution < 1.29 is 0 Å². The van der Waals surface area contributed by atoms with Gasteiger partial charge >= 0.3 is 0 Å². The van der Waals surface area contributed by atoms with E-state index in [1.807, 2.05) is 10.7 Å². The fourth-order valence-corrected chi connectivity index (χ4v) is 3.70. The molecule has 0 saturated carbocycles. The van der Waals surface area contributed by atoms with Crippen LogP contribution >= 0.6 is 23.2 Å². The van der Waals surface area contributed by atoms with Gasteiger partial charge < -0.3 is 5.32 Å². The molecule has 2 heterocycles. The molecule has 24 heavy (non-hydrogen) atoms. The SMILES string of the molecule is Cc1cc(C)cc(-c2nn(-c3cc(Cl)ccc3Cl)c3c2CCN3)c1. The zero-order chi connectivity index (χ0) is 16.8. The second-order valence-electron chi connectivity index (χ2n) is 6.24. The van der Waals surface area contributed by atoms with Crippen molar-refractivity contribution in [3.05, 3.63) is 63.1 Å². The number of hydrogen-bond acceptors (Lipinski definition) is 2. The summed E-state index contributed by atoms with van der Waals surface area (Å²) in [5.41, 5.74) is 6.66. The third kappa shape index (κ3) is 2.58. The molecule has 1 aliphatic rings. The first-order chi connectivity index (χ1) is 11.5. The Kier molecular flexibility index (Phi) is 3.78. The van der Waals surface area contributed by atoms with Gasteiger partial charge in [-0.1, -0.05) is 40.4 Å². The van der Waals surface area contributed by atoms with E-state index in [1.54, 1.807) is 12.1 Å². The second-order valence-corrected chi connectivity index (χ2v) is 7.08. The summed E-state index contributed by atoms with van der Waals surface area (Å²) in [5.74, 6) is 1.01. The highest BCUT2D eigenvalue weighted by Gasteiger charge is 2.25. The van der Waals surface area contributed by atoms with Crippen LogP contribution in [0, 0.1) is 13.8 Å². The number of aryl methyl sites for hydroxylation is 2. The van der Waals surface area contributed by atoms with Crippen LogP contribution in [-0.4, -0.2) is 16.3 Å². The number of anilines is 1. The van der Waals surface area contributed by atoms with E-state index in [9.17, 15) is 0 Å². The lowest BCUT2D eigenvalue weighted by molar-refractivity contribution is 0.882. The molecular formula is C19H17Cl2N3. The van der Waals surface area contributed by atoms with Gasteiger partial charge in [-0.2, -0.15) is 5.10 Å². The Morgan fingerprint density at radius 3 is 2.54 bits per heavy atom. The Morgan fingerprint density at radius 2 is 1.79 bits per heavy atom. The summed E-state index contributed by atoms with van der Waals surface area (Å²) in [7, 11) is 0. The molecule has 0 amide bonds. The Balaban J connectivity index is 1.94. The Hall–Kier alpha value is -1.97. The highest BCUT2D eigenvalue weighted by molar-refractivity contribution is 6.34. The molecule has 3 nitrogen and oxygen atoms in total. The van der Waals surface area contributed by atoms with Gasteiger partial charge in [-0.25, -0.2) is 4.68 Å². The van der Waals surface area contributed by atoms with Gasteiger partial charge in [0, 0.05) is 22.7 Å². The van der Waals surface area contributed by atoms with Crippen molar-refractivity contribution in [1.82, 2.24) is 9.78 Å². The molecular weight excluding hydrogens is 341 g/mol. The molecule has 122 valence electrons. The summed E-state index contributed by atoms with van der Waals surface area (Å²) in [4.78, 5) is 0. The van der Waals surface area contributed by atoms with Crippen LogP contribution in [0.5, 0.6) is 0 Å². The zero-order valence-corrected chi connectivity index (χ0v) is 15.0. The minimum absolute atomic E-state index is 0.630. The van der Waals surface area contributed by atoms with Crippen molar-refractivity contribution in [1.29, 1.82) is 0 Å². The molecule has 0 fully saturated rings. The number of hydrogen-bond donors (Lipinski definition) is 1. The lowest BCUT2D eigenvalue weighted by atomic mass is 10.0. The highest BCUT2D eigenvalue weighted by atomic mass is 35.5. The number of halogens is 2. The molecule has 0 atom stereocenters. The minimum Gasteiger partial charge on any atom is -0.369 e. The predicted molar refractivity (Wildman–Crippen MR) is 101 cm³/mol. The smallest absolute Gasteiger partial charge is 0.133 e. The van der Waals surface area contributed by atoms with Crippen LogP contribution in [-0.2, 0) is 6.42 Å². The molecule has 0 spiro atoms. The Labute approximate surface area is 151 Å². The third-order valence-corrected chi connectivity index (χ3v) is 4.84. The van der Waals surface area contributed by atoms with Crippen molar-refractivity contribution in [3.8, 4) is 16.9 Å². The maximum atomic E-state index is 6.39. The van der Waals surface area contributed by atoms with E-state index in [0.717, 1.165) is 35.7 Å². The van der Waals surface area contributed by atoms with Crippen LogP contribution in [0.2, 0.25) is 10.0 Å². The van der Waals surface area contributed by atoms with Crippen LogP contribution in [0.4, 0.5) is 5.82 Å². The van der Waals surface area contributed by atoms with Gasteiger partial charge in [-0.3, -0.25) is 0 Å². The van der Waals surface area contributed by atoms with Gasteiger partial charge in [0.05, 0.1) is 16.4 Å². The molecule has 1 N–H and O–H groups in total. The topological polar surface area (TPSA) is 29.9 Å². The quantitative estimate of drug-likeness (QED) is 0.662. The van der Waals surface area contributed by atoms with Crippen LogP contribution in [0.25, 0.3) is 16.9 Å². The van der Waals surface area contributed by atoms with Crippen molar-refractivity contribution in [2.75, 3.05) is 11.9 Å². The highest BCUT2D eigenvalue weighted by Crippen LogP contribution is 2.37. The summed E-state index contributed by atoms with van der Waals surface area (Å²) in [6.45, 7) is 5.13.